The van der Waals surface area contributed by atoms with Crippen molar-refractivity contribution in [3.05, 3.63) is 242 Å². The number of nitrogens with zero attached hydrogens (tertiary/aromatic N) is 12. The Morgan fingerprint density at radius 1 is 0.461 bits per heavy atom. The molecule has 0 aliphatic carbocycles. The zero-order chi connectivity index (χ0) is 91.7. The minimum Gasteiger partial charge on any atom is -0.508 e. The van der Waals surface area contributed by atoms with Crippen LogP contribution < -0.4 is 18.9 Å². The largest absolute Gasteiger partial charge is 0.508 e. The van der Waals surface area contributed by atoms with Gasteiger partial charge in [0.15, 0.2) is 17.3 Å². The molecule has 688 valence electrons. The molecule has 2 N–H and O–H groups in total. The second-order valence-electron chi connectivity index (χ2n) is 33.7. The number of halogens is 9. The van der Waals surface area contributed by atoms with Gasteiger partial charge in [-0.25, -0.2) is 21.9 Å². The molecule has 17 rings (SSSR count). The van der Waals surface area contributed by atoms with Crippen LogP contribution in [0.4, 0.5) is 35.1 Å². The molecule has 35 heteroatoms. The molecular weight excluding hydrogens is 1710 g/mol. The molecule has 12 heterocycles. The first-order valence-electron chi connectivity index (χ1n) is 43.0. The highest BCUT2D eigenvalue weighted by molar-refractivity contribution is 7.89. The van der Waals surface area contributed by atoms with Gasteiger partial charge in [0.05, 0.1) is 62.9 Å². The molecular formula is C93H110ClF8N13O12S. The molecule has 4 amide bonds. The number of nitrogens with one attached hydrogen (secondary N) is 1. The second kappa shape index (κ2) is 37.7. The maximum absolute atomic E-state index is 14.8. The number of alkyl halides is 6. The SMILES string of the molecule is CCOc1ccc(C(=O)N2CCC3(CC2)c2ccc(C(C)=O)n2CCN3C)cc1OCC.CN1CCn2c(C(=O)C(F)(F)F)ccc2C12CCN(C(=O)c1cc(O)ccc1F)CC2.CN1CCn2c(Cl)ccc2C12CCN(C(=O)c1ccc(COc3ccccc3)cc1)CC2.CNS(=O)(=O)c1ccc(C(=O)N2CCC3(CC2)c2c(F)cc(C(F)(F)F)n2CCN3C)cc1.[HH].[HH]. The van der Waals surface area contributed by atoms with Crippen molar-refractivity contribution < 1.29 is 94.5 Å². The number of carbonyl (C=O) groups is 6. The van der Waals surface area contributed by atoms with Gasteiger partial charge in [-0.1, -0.05) is 41.9 Å². The van der Waals surface area contributed by atoms with E-state index in [2.05, 4.69) is 49.9 Å². The summed E-state index contributed by atoms with van der Waals surface area (Å²) in [5.41, 5.74) is 3.25. The van der Waals surface area contributed by atoms with Gasteiger partial charge in [0.2, 0.25) is 10.0 Å². The normalized spacial score (nSPS) is 18.4. The van der Waals surface area contributed by atoms with E-state index >= 15 is 0 Å². The molecule has 0 bridgehead atoms. The van der Waals surface area contributed by atoms with Gasteiger partial charge < -0.3 is 57.2 Å². The van der Waals surface area contributed by atoms with Crippen molar-refractivity contribution in [1.82, 2.24) is 62.2 Å². The summed E-state index contributed by atoms with van der Waals surface area (Å²) >= 11 is 6.41. The molecule has 4 spiro atoms. The number of amides is 4. The van der Waals surface area contributed by atoms with Gasteiger partial charge in [-0.05, 0) is 227 Å². The molecule has 4 saturated heterocycles. The average molecular weight is 1820 g/mol. The van der Waals surface area contributed by atoms with E-state index in [0.717, 1.165) is 115 Å². The summed E-state index contributed by atoms with van der Waals surface area (Å²) < 4.78 is 158. The maximum Gasteiger partial charge on any atom is 0.456 e. The van der Waals surface area contributed by atoms with Gasteiger partial charge in [0.25, 0.3) is 29.4 Å². The number of aromatic hydroxyl groups is 1. The third-order valence-electron chi connectivity index (χ3n) is 27.0. The van der Waals surface area contributed by atoms with Crippen molar-refractivity contribution in [3.8, 4) is 23.0 Å². The topological polar surface area (TPSA) is 242 Å². The van der Waals surface area contributed by atoms with E-state index in [-0.39, 0.29) is 117 Å². The summed E-state index contributed by atoms with van der Waals surface area (Å²) in [6.45, 7) is 15.5. The van der Waals surface area contributed by atoms with Crippen molar-refractivity contribution in [2.75, 3.05) is 127 Å². The smallest absolute Gasteiger partial charge is 0.456 e. The molecule has 8 aliphatic heterocycles. The number of benzene rings is 5. The molecule has 8 aliphatic rings. The molecule has 5 aromatic carbocycles. The highest BCUT2D eigenvalue weighted by Crippen LogP contribution is 2.49. The Bertz CT molecular complexity index is 5700. The summed E-state index contributed by atoms with van der Waals surface area (Å²) in [7, 11) is 5.64. The van der Waals surface area contributed by atoms with E-state index in [4.69, 9.17) is 25.8 Å². The second-order valence-corrected chi connectivity index (χ2v) is 35.9. The first kappa shape index (κ1) is 93.3. The number of sulfonamides is 1. The predicted molar refractivity (Wildman–Crippen MR) is 467 cm³/mol. The van der Waals surface area contributed by atoms with Crippen LogP contribution in [0.3, 0.4) is 0 Å². The summed E-state index contributed by atoms with van der Waals surface area (Å²) in [6.07, 6.45) is -4.71. The number of likely N-dealkylation sites (N-methyl/N-ethyl adjacent to an activating group) is 4. The van der Waals surface area contributed by atoms with Crippen molar-refractivity contribution in [2.45, 2.75) is 144 Å². The number of phenols is 1. The number of hydrogen-bond donors (Lipinski definition) is 2. The van der Waals surface area contributed by atoms with Gasteiger partial charge in [-0.2, -0.15) is 26.3 Å². The highest BCUT2D eigenvalue weighted by atomic mass is 35.5. The van der Waals surface area contributed by atoms with E-state index in [0.29, 0.717) is 93.2 Å². The lowest BCUT2D eigenvalue weighted by molar-refractivity contribution is -0.144. The van der Waals surface area contributed by atoms with Crippen molar-refractivity contribution >= 4 is 56.8 Å². The van der Waals surface area contributed by atoms with Crippen LogP contribution in [0.5, 0.6) is 23.0 Å². The fourth-order valence-electron chi connectivity index (χ4n) is 19.8. The van der Waals surface area contributed by atoms with Crippen LogP contribution in [-0.2, 0) is 71.1 Å². The number of aromatic nitrogens is 4. The fraction of sp³-hybridized carbons (Fsp3) is 0.441. The van der Waals surface area contributed by atoms with Crippen LogP contribution >= 0.6 is 11.6 Å². The highest BCUT2D eigenvalue weighted by Gasteiger charge is 2.53. The van der Waals surface area contributed by atoms with Crippen LogP contribution in [0.1, 0.15) is 171 Å². The Labute approximate surface area is 746 Å². The lowest BCUT2D eigenvalue weighted by Gasteiger charge is -2.50. The third kappa shape index (κ3) is 18.3. The lowest BCUT2D eigenvalue weighted by atomic mass is 9.81. The number of phenolic OH excluding ortho intramolecular Hbond substituents is 1. The summed E-state index contributed by atoms with van der Waals surface area (Å²) in [5, 5.41) is 10.4. The quantitative estimate of drug-likeness (QED) is 0.0716. The van der Waals surface area contributed by atoms with Gasteiger partial charge in [0.1, 0.15) is 40.6 Å². The number of rotatable bonds is 15. The van der Waals surface area contributed by atoms with Gasteiger partial charge in [-0.3, -0.25) is 48.4 Å². The number of Topliss-reactive ketones (excluding diaryl/α,β-unsaturated/α-hetero) is 2. The third-order valence-corrected chi connectivity index (χ3v) is 28.8. The number of ketones is 2. The van der Waals surface area contributed by atoms with Crippen LogP contribution in [0, 0.1) is 11.6 Å². The van der Waals surface area contributed by atoms with Gasteiger partial charge in [-0.15, -0.1) is 0 Å². The van der Waals surface area contributed by atoms with E-state index in [1.807, 2.05) is 119 Å². The minimum atomic E-state index is -4.95. The predicted octanol–water partition coefficient (Wildman–Crippen LogP) is 14.6. The summed E-state index contributed by atoms with van der Waals surface area (Å²) in [4.78, 5) is 91.8. The van der Waals surface area contributed by atoms with Gasteiger partial charge >= 0.3 is 12.4 Å². The molecule has 4 fully saturated rings. The van der Waals surface area contributed by atoms with Gasteiger partial charge in [0, 0.05) is 154 Å². The Balaban J connectivity index is 0.000000156. The standard InChI is InChI=1S/C26H28ClN3O2.C25H33N3O4.C21H24F4N4O3S.C21H21F4N3O3.2H2/c1-28-17-18-30-23(11-12-24(30)27)26(28)13-15-29(16-14-26)25(31)21-9-7-20(8-10-21)19-32-22-5-3-2-4-6-22;1-5-31-21-9-7-19(17-22(21)32-6-2)24(30)27-13-11-25(12-14-27)23-10-8-20(18(3)29)28(23)16-15-26(25)4;1-26-33(31,32)15-5-3-14(4-6-15)19(30)28-9-7-20(8-10-28)18-16(22)13-17(21(23,24)25)29(18)12-11-27(20)2;1-26-10-11-28-16(18(30)21(23,24)25)4-5-17(28)20(26)6-8-27(9-7-20)19(31)14-12-13(29)2-3-15(14)22;;/h2-12H,13-19H2,1H3;7-10,17H,5-6,11-16H2,1-4H3;3-6,13,26H,7-12H2,1-2H3;2-5,12,29H,6-11H2,1H3;2*1H. The van der Waals surface area contributed by atoms with Crippen molar-refractivity contribution in [1.29, 1.82) is 0 Å². The number of hydrogen-bond acceptors (Lipinski definition) is 16. The summed E-state index contributed by atoms with van der Waals surface area (Å²) in [5.74, 6) is -2.24. The monoisotopic (exact) mass is 1820 g/mol. The number of para-hydroxylation sites is 1. The Kier molecular flexibility index (Phi) is 27.4. The molecule has 0 radical (unpaired) electrons. The summed E-state index contributed by atoms with van der Waals surface area (Å²) in [6, 6.07) is 43.3. The molecule has 25 nitrogen and oxygen atoms in total. The molecule has 128 heavy (non-hydrogen) atoms. The fourth-order valence-corrected chi connectivity index (χ4v) is 20.8. The average Bonchev–Trinajstić information content (AvgIpc) is 1.42. The molecule has 0 saturated carbocycles. The zero-order valence-electron chi connectivity index (χ0n) is 72.7. The molecule has 0 unspecified atom stereocenters. The van der Waals surface area contributed by atoms with E-state index in [1.165, 1.54) is 58.2 Å². The molecule has 4 aromatic heterocycles. The van der Waals surface area contributed by atoms with Crippen LogP contribution in [0.25, 0.3) is 0 Å². The van der Waals surface area contributed by atoms with Crippen LogP contribution in [-0.4, -0.2) is 239 Å². The van der Waals surface area contributed by atoms with Crippen molar-refractivity contribution in [3.63, 3.8) is 0 Å². The number of likely N-dealkylation sites (tertiary alicyclic amines) is 4. The Hall–Kier alpha value is -10.9. The Morgan fingerprint density at radius 2 is 0.891 bits per heavy atom. The molecule has 0 atom stereocenters. The van der Waals surface area contributed by atoms with Crippen LogP contribution in [0.15, 0.2) is 163 Å². The van der Waals surface area contributed by atoms with E-state index in [1.54, 1.807) is 31.0 Å². The molecule has 9 aromatic rings. The first-order valence-corrected chi connectivity index (χ1v) is 44.8. The first-order chi connectivity index (χ1) is 60.9. The lowest BCUT2D eigenvalue weighted by Crippen LogP contribution is -2.57. The van der Waals surface area contributed by atoms with E-state index < -0.39 is 62.5 Å². The Morgan fingerprint density at radius 3 is 1.38 bits per heavy atom. The minimum absolute atomic E-state index is 0. The maximum atomic E-state index is 14.8. The number of piperidine rings is 4. The van der Waals surface area contributed by atoms with Crippen LogP contribution in [0.2, 0.25) is 5.15 Å². The van der Waals surface area contributed by atoms with E-state index in [9.17, 15) is 77.4 Å². The zero-order valence-corrected chi connectivity index (χ0v) is 74.3. The number of carbonyl (C=O) groups excluding carboxylic acids is 6. The number of ether oxygens (including phenoxy) is 3. The number of fused-ring (bicyclic) bond motifs is 8. The van der Waals surface area contributed by atoms with Crippen molar-refractivity contribution in [2.24, 2.45) is 0 Å².